The van der Waals surface area contributed by atoms with E-state index in [0.717, 1.165) is 31.5 Å². The van der Waals surface area contributed by atoms with Crippen molar-refractivity contribution in [3.05, 3.63) is 41.1 Å². The van der Waals surface area contributed by atoms with Crippen molar-refractivity contribution in [1.29, 1.82) is 0 Å². The molecule has 2 bridgehead atoms. The molecule has 2 heterocycles. The van der Waals surface area contributed by atoms with Gasteiger partial charge in [-0.1, -0.05) is 35.0 Å². The molecule has 6 nitrogen and oxygen atoms in total. The van der Waals surface area contributed by atoms with Crippen LogP contribution in [0.15, 0.2) is 34.9 Å². The van der Waals surface area contributed by atoms with E-state index < -0.39 is 0 Å². The van der Waals surface area contributed by atoms with Crippen molar-refractivity contribution < 1.29 is 14.1 Å². The van der Waals surface area contributed by atoms with E-state index in [2.05, 4.69) is 10.5 Å². The van der Waals surface area contributed by atoms with Crippen LogP contribution in [0.5, 0.6) is 0 Å². The maximum absolute atomic E-state index is 12.5. The van der Waals surface area contributed by atoms with Crippen molar-refractivity contribution in [1.82, 2.24) is 15.4 Å². The van der Waals surface area contributed by atoms with Crippen molar-refractivity contribution >= 4 is 17.6 Å². The molecule has 2 aliphatic rings. The van der Waals surface area contributed by atoms with Crippen LogP contribution < -0.4 is 5.32 Å². The highest BCUT2D eigenvalue weighted by Gasteiger charge is 2.43. The molecule has 2 amide bonds. The highest BCUT2D eigenvalue weighted by molar-refractivity contribution is 6.33. The van der Waals surface area contributed by atoms with Gasteiger partial charge in [0.1, 0.15) is 5.69 Å². The predicted molar refractivity (Wildman–Crippen MR) is 97.8 cm³/mol. The summed E-state index contributed by atoms with van der Waals surface area (Å²) in [6, 6.07) is 9.21. The summed E-state index contributed by atoms with van der Waals surface area (Å²) in [6.07, 6.45) is 2.57. The topological polar surface area (TPSA) is 67.6 Å². The fraction of sp³-hybridized carbons (Fsp3) is 0.474. The molecule has 1 aliphatic heterocycles. The lowest BCUT2D eigenvalue weighted by Crippen LogP contribution is -2.51. The maximum Gasteiger partial charge on any atom is 0.317 e. The highest BCUT2D eigenvalue weighted by Crippen LogP contribution is 2.38. The number of nitrogens with one attached hydrogen (secondary N) is 1. The number of aromatic nitrogens is 1. The van der Waals surface area contributed by atoms with Crippen molar-refractivity contribution in [3.63, 3.8) is 0 Å². The summed E-state index contributed by atoms with van der Waals surface area (Å²) in [7, 11) is 1.77. The quantitative estimate of drug-likeness (QED) is 0.887. The van der Waals surface area contributed by atoms with Crippen LogP contribution in [-0.2, 0) is 11.3 Å². The molecule has 1 aromatic carbocycles. The summed E-state index contributed by atoms with van der Waals surface area (Å²) in [5.41, 5.74) is 1.48. The lowest BCUT2D eigenvalue weighted by Gasteiger charge is -2.37. The molecule has 0 radical (unpaired) electrons. The highest BCUT2D eigenvalue weighted by atomic mass is 35.5. The second kappa shape index (κ2) is 7.29. The van der Waals surface area contributed by atoms with E-state index in [1.807, 2.05) is 35.2 Å². The molecule has 26 heavy (non-hydrogen) atoms. The number of hydrogen-bond acceptors (Lipinski definition) is 4. The van der Waals surface area contributed by atoms with Gasteiger partial charge < -0.3 is 19.5 Å². The molecule has 1 N–H and O–H groups in total. The lowest BCUT2D eigenvalue weighted by molar-refractivity contribution is -0.00514. The first-order valence-corrected chi connectivity index (χ1v) is 9.29. The largest absolute Gasteiger partial charge is 0.381 e. The number of fused-ring (bicyclic) bond motifs is 2. The first-order chi connectivity index (χ1) is 12.7. The Hall–Kier alpha value is -2.05. The Kier molecular flexibility index (Phi) is 4.87. The number of methoxy groups -OCH3 is 1. The van der Waals surface area contributed by atoms with Crippen molar-refractivity contribution in [2.75, 3.05) is 20.2 Å². The monoisotopic (exact) mass is 375 g/mol. The maximum atomic E-state index is 12.5. The zero-order valence-electron chi connectivity index (χ0n) is 14.7. The minimum absolute atomic E-state index is 0.0628. The lowest BCUT2D eigenvalue weighted by atomic mass is 9.95. The zero-order chi connectivity index (χ0) is 18.1. The van der Waals surface area contributed by atoms with E-state index >= 15 is 0 Å². The Labute approximate surface area is 157 Å². The average molecular weight is 376 g/mol. The fourth-order valence-corrected chi connectivity index (χ4v) is 4.42. The Morgan fingerprint density at radius 2 is 2.08 bits per heavy atom. The molecular weight excluding hydrogens is 354 g/mol. The van der Waals surface area contributed by atoms with Crippen LogP contribution in [0, 0.1) is 11.8 Å². The molecule has 2 fully saturated rings. The SMILES string of the molecule is COC1[C@@H]2CC[C@H]1CN(C(=O)NCc1cc(-c3ccccc3Cl)no1)C2. The molecule has 1 aliphatic carbocycles. The second-order valence-corrected chi connectivity index (χ2v) is 7.43. The number of rotatable bonds is 4. The van der Waals surface area contributed by atoms with Gasteiger partial charge in [-0.05, 0) is 18.9 Å². The number of urea groups is 1. The molecule has 7 heteroatoms. The van der Waals surface area contributed by atoms with Gasteiger partial charge in [-0.3, -0.25) is 0 Å². The van der Waals surface area contributed by atoms with E-state index in [-0.39, 0.29) is 6.03 Å². The number of halogens is 1. The summed E-state index contributed by atoms with van der Waals surface area (Å²) in [4.78, 5) is 14.4. The zero-order valence-corrected chi connectivity index (χ0v) is 15.4. The van der Waals surface area contributed by atoms with Gasteiger partial charge in [-0.15, -0.1) is 0 Å². The minimum Gasteiger partial charge on any atom is -0.381 e. The molecule has 4 rings (SSSR count). The Morgan fingerprint density at radius 3 is 2.77 bits per heavy atom. The van der Waals surface area contributed by atoms with Gasteiger partial charge in [0.05, 0.1) is 17.7 Å². The Morgan fingerprint density at radius 1 is 1.35 bits per heavy atom. The number of amides is 2. The smallest absolute Gasteiger partial charge is 0.317 e. The van der Waals surface area contributed by atoms with Crippen molar-refractivity contribution in [3.8, 4) is 11.3 Å². The van der Waals surface area contributed by atoms with E-state index in [1.54, 1.807) is 7.11 Å². The molecule has 1 saturated carbocycles. The second-order valence-electron chi connectivity index (χ2n) is 7.02. The van der Waals surface area contributed by atoms with Gasteiger partial charge >= 0.3 is 6.03 Å². The molecular formula is C19H22ClN3O3. The predicted octanol–water partition coefficient (Wildman–Crippen LogP) is 3.56. The molecule has 3 atom stereocenters. The van der Waals surface area contributed by atoms with Crippen LogP contribution in [-0.4, -0.2) is 42.4 Å². The molecule has 1 saturated heterocycles. The van der Waals surface area contributed by atoms with E-state index in [1.165, 1.54) is 0 Å². The van der Waals surface area contributed by atoms with E-state index in [4.69, 9.17) is 20.9 Å². The summed E-state index contributed by atoms with van der Waals surface area (Å²) in [5, 5.41) is 7.60. The third kappa shape index (κ3) is 3.31. The average Bonchev–Trinajstić information content (AvgIpc) is 3.21. The summed E-state index contributed by atoms with van der Waals surface area (Å²) < 4.78 is 10.9. The van der Waals surface area contributed by atoms with Crippen LogP contribution in [0.3, 0.4) is 0 Å². The summed E-state index contributed by atoms with van der Waals surface area (Å²) in [6.45, 7) is 1.81. The van der Waals surface area contributed by atoms with Crippen LogP contribution in [0.2, 0.25) is 5.02 Å². The van der Waals surface area contributed by atoms with E-state index in [0.29, 0.717) is 41.0 Å². The van der Waals surface area contributed by atoms with Gasteiger partial charge in [0.15, 0.2) is 5.76 Å². The van der Waals surface area contributed by atoms with Crippen LogP contribution >= 0.6 is 11.6 Å². The number of ether oxygens (including phenoxy) is 1. The number of nitrogens with zero attached hydrogens (tertiary/aromatic N) is 2. The van der Waals surface area contributed by atoms with Crippen LogP contribution in [0.1, 0.15) is 18.6 Å². The first kappa shape index (κ1) is 17.4. The third-order valence-electron chi connectivity index (χ3n) is 5.43. The molecule has 0 spiro atoms. The number of piperidine rings is 1. The van der Waals surface area contributed by atoms with Gasteiger partial charge in [-0.2, -0.15) is 0 Å². The molecule has 1 aromatic heterocycles. The van der Waals surface area contributed by atoms with Gasteiger partial charge in [0, 0.05) is 43.7 Å². The van der Waals surface area contributed by atoms with Gasteiger partial charge in [0.2, 0.25) is 0 Å². The summed E-state index contributed by atoms with van der Waals surface area (Å²) in [5.74, 6) is 1.49. The molecule has 2 aromatic rings. The minimum atomic E-state index is -0.0628. The summed E-state index contributed by atoms with van der Waals surface area (Å²) >= 11 is 6.19. The fourth-order valence-electron chi connectivity index (χ4n) is 4.19. The Bertz CT molecular complexity index is 780. The van der Waals surface area contributed by atoms with Gasteiger partial charge in [-0.25, -0.2) is 4.79 Å². The molecule has 1 unspecified atom stereocenters. The molecule has 138 valence electrons. The third-order valence-corrected chi connectivity index (χ3v) is 5.76. The van der Waals surface area contributed by atoms with Crippen LogP contribution in [0.4, 0.5) is 4.79 Å². The standard InChI is InChI=1S/C19H22ClN3O3/c1-25-18-12-6-7-13(18)11-23(10-12)19(24)21-9-14-8-17(22-26-14)15-4-2-3-5-16(15)20/h2-5,8,12-13,18H,6-7,9-11H2,1H3,(H,21,24)/t12-,13+,18?. The first-order valence-electron chi connectivity index (χ1n) is 8.91. The number of hydrogen-bond donors (Lipinski definition) is 1. The normalized spacial score (nSPS) is 24.7. The van der Waals surface area contributed by atoms with Gasteiger partial charge in [0.25, 0.3) is 0 Å². The van der Waals surface area contributed by atoms with Crippen molar-refractivity contribution in [2.24, 2.45) is 11.8 Å². The number of benzene rings is 1. The Balaban J connectivity index is 1.35. The number of carbonyl (C=O) groups is 1. The van der Waals surface area contributed by atoms with Crippen molar-refractivity contribution in [2.45, 2.75) is 25.5 Å². The van der Waals surface area contributed by atoms with E-state index in [9.17, 15) is 4.79 Å². The number of likely N-dealkylation sites (tertiary alicyclic amines) is 1. The number of carbonyl (C=O) groups excluding carboxylic acids is 1. The van der Waals surface area contributed by atoms with Crippen LogP contribution in [0.25, 0.3) is 11.3 Å².